The Labute approximate surface area is 161 Å². The van der Waals surface area contributed by atoms with Gasteiger partial charge in [-0.15, -0.1) is 24.0 Å². The van der Waals surface area contributed by atoms with Crippen molar-refractivity contribution in [2.75, 3.05) is 33.9 Å². The molecular formula is C16H30IN5O2. The van der Waals surface area contributed by atoms with E-state index in [1.807, 2.05) is 32.7 Å². The van der Waals surface area contributed by atoms with Crippen molar-refractivity contribution in [2.24, 2.45) is 10.9 Å². The lowest BCUT2D eigenvalue weighted by molar-refractivity contribution is 0.115. The number of guanidine groups is 1. The molecule has 1 aliphatic carbocycles. The Bertz CT molecular complexity index is 523. The molecule has 24 heavy (non-hydrogen) atoms. The fourth-order valence-electron chi connectivity index (χ4n) is 2.02. The minimum absolute atomic E-state index is 0. The van der Waals surface area contributed by atoms with E-state index in [4.69, 9.17) is 9.26 Å². The summed E-state index contributed by atoms with van der Waals surface area (Å²) in [6.45, 7) is 9.03. The maximum atomic E-state index is 5.66. The predicted octanol–water partition coefficient (Wildman–Crippen LogP) is 2.42. The van der Waals surface area contributed by atoms with Crippen LogP contribution < -0.4 is 5.32 Å². The normalized spacial score (nSPS) is 15.1. The number of likely N-dealkylation sites (N-methyl/N-ethyl adjacent to an activating group) is 1. The third-order valence-corrected chi connectivity index (χ3v) is 3.71. The molecule has 0 aliphatic heterocycles. The van der Waals surface area contributed by atoms with Crippen LogP contribution in [0.15, 0.2) is 9.52 Å². The first kappa shape index (κ1) is 21.1. The van der Waals surface area contributed by atoms with E-state index >= 15 is 0 Å². The van der Waals surface area contributed by atoms with Gasteiger partial charge in [-0.2, -0.15) is 4.98 Å². The Hall–Kier alpha value is -0.900. The van der Waals surface area contributed by atoms with E-state index in [0.717, 1.165) is 25.0 Å². The van der Waals surface area contributed by atoms with Crippen LogP contribution in [0.25, 0.3) is 0 Å². The molecule has 2 rings (SSSR count). The molecule has 0 bridgehead atoms. The average Bonchev–Trinajstić information content (AvgIpc) is 3.18. The molecule has 8 heteroatoms. The first-order chi connectivity index (χ1) is 10.9. The first-order valence-corrected chi connectivity index (χ1v) is 8.22. The van der Waals surface area contributed by atoms with Crippen LogP contribution in [0.3, 0.4) is 0 Å². The van der Waals surface area contributed by atoms with Gasteiger partial charge < -0.3 is 19.5 Å². The molecule has 1 saturated carbocycles. The third kappa shape index (κ3) is 6.92. The van der Waals surface area contributed by atoms with Crippen LogP contribution in [-0.2, 0) is 16.7 Å². The van der Waals surface area contributed by atoms with Gasteiger partial charge in [-0.3, -0.25) is 4.99 Å². The summed E-state index contributed by atoms with van der Waals surface area (Å²) in [6, 6.07) is 0. The second kappa shape index (κ2) is 9.55. The first-order valence-electron chi connectivity index (χ1n) is 8.22. The van der Waals surface area contributed by atoms with Gasteiger partial charge in [0.05, 0.1) is 13.2 Å². The number of nitrogens with one attached hydrogen (secondary N) is 1. The molecule has 0 amide bonds. The third-order valence-electron chi connectivity index (χ3n) is 3.71. The summed E-state index contributed by atoms with van der Waals surface area (Å²) >= 11 is 0. The lowest BCUT2D eigenvalue weighted by Gasteiger charge is -2.21. The van der Waals surface area contributed by atoms with Crippen LogP contribution in [-0.4, -0.2) is 54.9 Å². The molecule has 1 aliphatic rings. The number of aliphatic imine (C=N–C) groups is 1. The SMILES string of the molecule is CN=C(NCc1noc(C(C)(C)C)n1)N(C)CCOCC1CC1.I. The number of halogens is 1. The fraction of sp³-hybridized carbons (Fsp3) is 0.812. The molecule has 0 aromatic carbocycles. The highest BCUT2D eigenvalue weighted by molar-refractivity contribution is 14.0. The number of hydrogen-bond donors (Lipinski definition) is 1. The van der Waals surface area contributed by atoms with Crippen LogP contribution >= 0.6 is 24.0 Å². The molecule has 1 heterocycles. The average molecular weight is 451 g/mol. The van der Waals surface area contributed by atoms with Gasteiger partial charge in [0.15, 0.2) is 11.8 Å². The van der Waals surface area contributed by atoms with Crippen molar-refractivity contribution in [1.82, 2.24) is 20.4 Å². The van der Waals surface area contributed by atoms with Crippen LogP contribution in [0.5, 0.6) is 0 Å². The van der Waals surface area contributed by atoms with E-state index in [2.05, 4.69) is 20.4 Å². The number of hydrogen-bond acceptors (Lipinski definition) is 5. The van der Waals surface area contributed by atoms with Crippen molar-refractivity contribution in [1.29, 1.82) is 0 Å². The highest BCUT2D eigenvalue weighted by atomic mass is 127. The van der Waals surface area contributed by atoms with E-state index in [0.29, 0.717) is 24.9 Å². The van der Waals surface area contributed by atoms with Crippen molar-refractivity contribution in [3.05, 3.63) is 11.7 Å². The van der Waals surface area contributed by atoms with Crippen LogP contribution in [0, 0.1) is 5.92 Å². The fourth-order valence-corrected chi connectivity index (χ4v) is 2.02. The van der Waals surface area contributed by atoms with Crippen LogP contribution in [0.2, 0.25) is 0 Å². The molecule has 0 radical (unpaired) electrons. The van der Waals surface area contributed by atoms with Gasteiger partial charge >= 0.3 is 0 Å². The zero-order chi connectivity index (χ0) is 16.9. The summed E-state index contributed by atoms with van der Waals surface area (Å²) in [6.07, 6.45) is 2.64. The Morgan fingerprint density at radius 3 is 2.67 bits per heavy atom. The van der Waals surface area contributed by atoms with Crippen molar-refractivity contribution < 1.29 is 9.26 Å². The summed E-state index contributed by atoms with van der Waals surface area (Å²) in [5.74, 6) is 2.87. The van der Waals surface area contributed by atoms with E-state index in [1.54, 1.807) is 7.05 Å². The van der Waals surface area contributed by atoms with Gasteiger partial charge in [-0.25, -0.2) is 0 Å². The molecule has 0 saturated heterocycles. The standard InChI is InChI=1S/C16H29N5O2.HI/c1-16(2,3)14-19-13(20-23-14)10-18-15(17-4)21(5)8-9-22-11-12-6-7-12;/h12H,6-11H2,1-5H3,(H,17,18);1H. The molecule has 138 valence electrons. The van der Waals surface area contributed by atoms with Gasteiger partial charge in [-0.1, -0.05) is 25.9 Å². The summed E-state index contributed by atoms with van der Waals surface area (Å²) in [5, 5.41) is 7.25. The predicted molar refractivity (Wildman–Crippen MR) is 105 cm³/mol. The highest BCUT2D eigenvalue weighted by Crippen LogP contribution is 2.28. The Kier molecular flexibility index (Phi) is 8.41. The van der Waals surface area contributed by atoms with Crippen molar-refractivity contribution >= 4 is 29.9 Å². The molecule has 1 N–H and O–H groups in total. The molecule has 1 aromatic heterocycles. The van der Waals surface area contributed by atoms with E-state index in [9.17, 15) is 0 Å². The molecule has 1 fully saturated rings. The minimum Gasteiger partial charge on any atom is -0.379 e. The molecule has 0 atom stereocenters. The molecule has 0 unspecified atom stereocenters. The minimum atomic E-state index is -0.136. The maximum absolute atomic E-state index is 5.66. The quantitative estimate of drug-likeness (QED) is 0.297. The lowest BCUT2D eigenvalue weighted by atomic mass is 9.97. The number of aromatic nitrogens is 2. The summed E-state index contributed by atoms with van der Waals surface area (Å²) < 4.78 is 11.0. The van der Waals surface area contributed by atoms with Gasteiger partial charge in [0.2, 0.25) is 5.89 Å². The lowest BCUT2D eigenvalue weighted by Crippen LogP contribution is -2.40. The summed E-state index contributed by atoms with van der Waals surface area (Å²) in [7, 11) is 3.76. The van der Waals surface area contributed by atoms with Crippen LogP contribution in [0.4, 0.5) is 0 Å². The van der Waals surface area contributed by atoms with Crippen LogP contribution in [0.1, 0.15) is 45.3 Å². The second-order valence-electron chi connectivity index (χ2n) is 7.11. The van der Waals surface area contributed by atoms with E-state index in [-0.39, 0.29) is 29.4 Å². The number of rotatable bonds is 7. The smallest absolute Gasteiger partial charge is 0.232 e. The molecule has 7 nitrogen and oxygen atoms in total. The Morgan fingerprint density at radius 2 is 2.12 bits per heavy atom. The maximum Gasteiger partial charge on any atom is 0.232 e. The summed E-state index contributed by atoms with van der Waals surface area (Å²) in [5.41, 5.74) is -0.136. The number of nitrogens with zero attached hydrogens (tertiary/aromatic N) is 4. The molecule has 1 aromatic rings. The molecule has 0 spiro atoms. The zero-order valence-corrected chi connectivity index (χ0v) is 17.7. The number of ether oxygens (including phenoxy) is 1. The van der Waals surface area contributed by atoms with Crippen molar-refractivity contribution in [3.8, 4) is 0 Å². The van der Waals surface area contributed by atoms with Gasteiger partial charge in [-0.05, 0) is 18.8 Å². The second-order valence-corrected chi connectivity index (χ2v) is 7.11. The summed E-state index contributed by atoms with van der Waals surface area (Å²) in [4.78, 5) is 10.7. The Morgan fingerprint density at radius 1 is 1.42 bits per heavy atom. The van der Waals surface area contributed by atoms with Gasteiger partial charge in [0, 0.05) is 32.7 Å². The monoisotopic (exact) mass is 451 g/mol. The molecular weight excluding hydrogens is 421 g/mol. The largest absolute Gasteiger partial charge is 0.379 e. The van der Waals surface area contributed by atoms with Gasteiger partial charge in [0.25, 0.3) is 0 Å². The van der Waals surface area contributed by atoms with E-state index in [1.165, 1.54) is 12.8 Å². The van der Waals surface area contributed by atoms with Gasteiger partial charge in [0.1, 0.15) is 0 Å². The van der Waals surface area contributed by atoms with E-state index < -0.39 is 0 Å². The Balaban J connectivity index is 0.00000288. The van der Waals surface area contributed by atoms with Crippen molar-refractivity contribution in [3.63, 3.8) is 0 Å². The highest BCUT2D eigenvalue weighted by Gasteiger charge is 2.22. The van der Waals surface area contributed by atoms with Crippen molar-refractivity contribution in [2.45, 2.75) is 45.6 Å². The zero-order valence-electron chi connectivity index (χ0n) is 15.3. The topological polar surface area (TPSA) is 75.8 Å².